The van der Waals surface area contributed by atoms with E-state index in [0.29, 0.717) is 5.41 Å². The molecule has 0 saturated carbocycles. The van der Waals surface area contributed by atoms with Gasteiger partial charge >= 0.3 is 0 Å². The number of hydrogen-bond acceptors (Lipinski definition) is 1. The molecule has 0 N–H and O–H groups in total. The van der Waals surface area contributed by atoms with Crippen LogP contribution in [-0.4, -0.2) is 6.61 Å². The summed E-state index contributed by atoms with van der Waals surface area (Å²) in [6.45, 7) is 7.36. The van der Waals surface area contributed by atoms with Crippen LogP contribution in [0.25, 0.3) is 0 Å². The molecule has 0 bridgehead atoms. The Morgan fingerprint density at radius 1 is 1.50 bits per heavy atom. The SMILES string of the molecule is CC(C)(C)C=C1CO1. The molecule has 1 rings (SSSR count). The second-order valence-corrected chi connectivity index (χ2v) is 3.27. The molecule has 0 aliphatic carbocycles. The number of allylic oxidation sites excluding steroid dienone is 1. The first-order valence-corrected chi connectivity index (χ1v) is 2.92. The summed E-state index contributed by atoms with van der Waals surface area (Å²) in [6, 6.07) is 0. The van der Waals surface area contributed by atoms with Crippen LogP contribution in [-0.2, 0) is 4.74 Å². The maximum Gasteiger partial charge on any atom is 0.145 e. The third-order valence-corrected chi connectivity index (χ3v) is 0.905. The molecule has 0 unspecified atom stereocenters. The minimum Gasteiger partial charge on any atom is -0.487 e. The van der Waals surface area contributed by atoms with Crippen LogP contribution in [0.3, 0.4) is 0 Å². The van der Waals surface area contributed by atoms with Gasteiger partial charge in [0.1, 0.15) is 12.4 Å². The zero-order chi connectivity index (χ0) is 6.20. The molecule has 1 fully saturated rings. The van der Waals surface area contributed by atoms with Crippen molar-refractivity contribution in [1.29, 1.82) is 0 Å². The van der Waals surface area contributed by atoms with E-state index in [4.69, 9.17) is 4.74 Å². The third kappa shape index (κ3) is 2.01. The zero-order valence-electron chi connectivity index (χ0n) is 5.69. The van der Waals surface area contributed by atoms with Crippen LogP contribution in [0.4, 0.5) is 0 Å². The van der Waals surface area contributed by atoms with Crippen molar-refractivity contribution in [3.63, 3.8) is 0 Å². The Hall–Kier alpha value is -0.460. The molecule has 1 heterocycles. The maximum atomic E-state index is 4.95. The number of hydrogen-bond donors (Lipinski definition) is 0. The molecule has 1 saturated heterocycles. The van der Waals surface area contributed by atoms with Gasteiger partial charge in [0.25, 0.3) is 0 Å². The summed E-state index contributed by atoms with van der Waals surface area (Å²) in [5.41, 5.74) is 0.297. The maximum absolute atomic E-state index is 4.95. The lowest BCUT2D eigenvalue weighted by molar-refractivity contribution is 0.488. The molecule has 1 nitrogen and oxygen atoms in total. The van der Waals surface area contributed by atoms with Crippen LogP contribution < -0.4 is 0 Å². The largest absolute Gasteiger partial charge is 0.487 e. The van der Waals surface area contributed by atoms with Crippen molar-refractivity contribution < 1.29 is 4.74 Å². The van der Waals surface area contributed by atoms with Gasteiger partial charge in [-0.25, -0.2) is 0 Å². The lowest BCUT2D eigenvalue weighted by Gasteiger charge is -2.08. The molecule has 8 heavy (non-hydrogen) atoms. The van der Waals surface area contributed by atoms with Gasteiger partial charge in [-0.3, -0.25) is 0 Å². The molecule has 0 aromatic carbocycles. The molecular weight excluding hydrogens is 100 g/mol. The van der Waals surface area contributed by atoms with E-state index in [1.54, 1.807) is 0 Å². The van der Waals surface area contributed by atoms with Crippen LogP contribution in [0.5, 0.6) is 0 Å². The van der Waals surface area contributed by atoms with Crippen LogP contribution in [0.2, 0.25) is 0 Å². The summed E-state index contributed by atoms with van der Waals surface area (Å²) in [5.74, 6) is 1.15. The van der Waals surface area contributed by atoms with E-state index in [0.717, 1.165) is 12.4 Å². The molecule has 1 aliphatic heterocycles. The standard InChI is InChI=1S/C7H12O/c1-7(2,3)4-6-5-8-6/h4H,5H2,1-3H3. The number of rotatable bonds is 0. The van der Waals surface area contributed by atoms with Crippen molar-refractivity contribution in [2.24, 2.45) is 5.41 Å². The van der Waals surface area contributed by atoms with Crippen molar-refractivity contribution in [3.05, 3.63) is 11.8 Å². The molecule has 1 heteroatoms. The van der Waals surface area contributed by atoms with Crippen LogP contribution >= 0.6 is 0 Å². The molecule has 0 amide bonds. The highest BCUT2D eigenvalue weighted by atomic mass is 16.6. The highest BCUT2D eigenvalue weighted by molar-refractivity contribution is 5.08. The van der Waals surface area contributed by atoms with Gasteiger partial charge in [-0.05, 0) is 11.5 Å². The van der Waals surface area contributed by atoms with Gasteiger partial charge in [0.2, 0.25) is 0 Å². The molecule has 46 valence electrons. The van der Waals surface area contributed by atoms with E-state index in [-0.39, 0.29) is 0 Å². The average Bonchev–Trinajstić information content (AvgIpc) is 2.12. The first-order chi connectivity index (χ1) is 3.58. The van der Waals surface area contributed by atoms with Gasteiger partial charge in [0.05, 0.1) is 0 Å². The van der Waals surface area contributed by atoms with Gasteiger partial charge in [0, 0.05) is 0 Å². The highest BCUT2D eigenvalue weighted by Gasteiger charge is 2.17. The number of epoxide rings is 1. The van der Waals surface area contributed by atoms with Crippen molar-refractivity contribution in [2.45, 2.75) is 20.8 Å². The molecule has 0 aromatic heterocycles. The van der Waals surface area contributed by atoms with Crippen LogP contribution in [0, 0.1) is 5.41 Å². The summed E-state index contributed by atoms with van der Waals surface area (Å²) in [4.78, 5) is 0. The fourth-order valence-corrected chi connectivity index (χ4v) is 0.608. The molecule has 0 radical (unpaired) electrons. The molecule has 0 aromatic rings. The summed E-state index contributed by atoms with van der Waals surface area (Å²) in [7, 11) is 0. The highest BCUT2D eigenvalue weighted by Crippen LogP contribution is 2.24. The van der Waals surface area contributed by atoms with E-state index >= 15 is 0 Å². The second-order valence-electron chi connectivity index (χ2n) is 3.27. The van der Waals surface area contributed by atoms with Crippen molar-refractivity contribution in [1.82, 2.24) is 0 Å². The Balaban J connectivity index is 2.48. The Kier molecular flexibility index (Phi) is 1.07. The monoisotopic (exact) mass is 112 g/mol. The van der Waals surface area contributed by atoms with Gasteiger partial charge in [-0.1, -0.05) is 20.8 Å². The summed E-state index contributed by atoms with van der Waals surface area (Å²) < 4.78 is 4.95. The summed E-state index contributed by atoms with van der Waals surface area (Å²) >= 11 is 0. The first kappa shape index (κ1) is 5.67. The van der Waals surface area contributed by atoms with Crippen molar-refractivity contribution in [3.8, 4) is 0 Å². The van der Waals surface area contributed by atoms with Gasteiger partial charge in [0.15, 0.2) is 0 Å². The Bertz CT molecular complexity index is 111. The summed E-state index contributed by atoms with van der Waals surface area (Å²) in [5, 5.41) is 0. The third-order valence-electron chi connectivity index (χ3n) is 0.905. The Labute approximate surface area is 50.3 Å². The molecular formula is C7H12O. The van der Waals surface area contributed by atoms with Gasteiger partial charge in [-0.15, -0.1) is 0 Å². The smallest absolute Gasteiger partial charge is 0.145 e. The predicted octanol–water partition coefficient (Wildman–Crippen LogP) is 1.95. The minimum atomic E-state index is 0.297. The van der Waals surface area contributed by atoms with Crippen molar-refractivity contribution >= 4 is 0 Å². The molecule has 0 atom stereocenters. The molecule has 0 spiro atoms. The minimum absolute atomic E-state index is 0.297. The summed E-state index contributed by atoms with van der Waals surface area (Å²) in [6.07, 6.45) is 2.16. The van der Waals surface area contributed by atoms with E-state index in [9.17, 15) is 0 Å². The van der Waals surface area contributed by atoms with E-state index in [1.807, 2.05) is 0 Å². The number of ether oxygens (including phenoxy) is 1. The Morgan fingerprint density at radius 3 is 2.12 bits per heavy atom. The van der Waals surface area contributed by atoms with Gasteiger partial charge < -0.3 is 4.74 Å². The fourth-order valence-electron chi connectivity index (χ4n) is 0.608. The zero-order valence-corrected chi connectivity index (χ0v) is 5.69. The van der Waals surface area contributed by atoms with E-state index in [2.05, 4.69) is 26.8 Å². The lowest BCUT2D eigenvalue weighted by atomic mass is 9.96. The fraction of sp³-hybridized carbons (Fsp3) is 0.714. The normalized spacial score (nSPS) is 23.1. The second kappa shape index (κ2) is 1.51. The van der Waals surface area contributed by atoms with E-state index < -0.39 is 0 Å². The topological polar surface area (TPSA) is 12.5 Å². The van der Waals surface area contributed by atoms with Crippen LogP contribution in [0.1, 0.15) is 20.8 Å². The first-order valence-electron chi connectivity index (χ1n) is 2.92. The van der Waals surface area contributed by atoms with E-state index in [1.165, 1.54) is 0 Å². The van der Waals surface area contributed by atoms with Crippen LogP contribution in [0.15, 0.2) is 11.8 Å². The van der Waals surface area contributed by atoms with Crippen molar-refractivity contribution in [2.75, 3.05) is 6.61 Å². The average molecular weight is 112 g/mol. The Morgan fingerprint density at radius 2 is 2.00 bits per heavy atom. The van der Waals surface area contributed by atoms with Gasteiger partial charge in [-0.2, -0.15) is 0 Å². The predicted molar refractivity (Wildman–Crippen MR) is 33.5 cm³/mol. The lowest BCUT2D eigenvalue weighted by Crippen LogP contribution is -1.97. The quantitative estimate of drug-likeness (QED) is 0.436. The molecule has 1 aliphatic rings.